The lowest BCUT2D eigenvalue weighted by Crippen LogP contribution is -2.51. The van der Waals surface area contributed by atoms with Gasteiger partial charge in [-0.1, -0.05) is 48.5 Å². The Hall–Kier alpha value is -3.39. The van der Waals surface area contributed by atoms with Crippen LogP contribution in [0.25, 0.3) is 0 Å². The van der Waals surface area contributed by atoms with Gasteiger partial charge in [-0.25, -0.2) is 4.79 Å². The molecule has 170 valence electrons. The lowest BCUT2D eigenvalue weighted by Gasteiger charge is -2.32. The standard InChI is InChI=1S/C24H30N4O4/c1-18(25-24(31)32-17-19-8-4-2-5-9-19)23(30)27-21-12-14-28(15-13-21)16-22(29)26-20-10-6-3-7-11-20/h2-11,18,21H,12-17H2,1H3,(H,25,31)(H,26,29)(H,27,30). The molecule has 8 heteroatoms. The average molecular weight is 439 g/mol. The molecule has 32 heavy (non-hydrogen) atoms. The lowest BCUT2D eigenvalue weighted by molar-refractivity contribution is -0.124. The van der Waals surface area contributed by atoms with Crippen LogP contribution in [-0.2, 0) is 20.9 Å². The molecule has 0 spiro atoms. The van der Waals surface area contributed by atoms with Gasteiger partial charge in [0.15, 0.2) is 0 Å². The maximum Gasteiger partial charge on any atom is 0.408 e. The highest BCUT2D eigenvalue weighted by Crippen LogP contribution is 2.11. The summed E-state index contributed by atoms with van der Waals surface area (Å²) >= 11 is 0. The Bertz CT molecular complexity index is 883. The second-order valence-corrected chi connectivity index (χ2v) is 7.90. The van der Waals surface area contributed by atoms with Gasteiger partial charge < -0.3 is 20.7 Å². The Morgan fingerprint density at radius 1 is 1.00 bits per heavy atom. The van der Waals surface area contributed by atoms with Crippen LogP contribution >= 0.6 is 0 Å². The molecular formula is C24H30N4O4. The quantitative estimate of drug-likeness (QED) is 0.588. The van der Waals surface area contributed by atoms with Crippen molar-refractivity contribution < 1.29 is 19.1 Å². The van der Waals surface area contributed by atoms with E-state index < -0.39 is 12.1 Å². The molecule has 2 aromatic rings. The predicted molar refractivity (Wildman–Crippen MR) is 122 cm³/mol. The van der Waals surface area contributed by atoms with Crippen LogP contribution in [0.2, 0.25) is 0 Å². The molecule has 1 aliphatic rings. The first-order valence-electron chi connectivity index (χ1n) is 10.8. The average Bonchev–Trinajstić information content (AvgIpc) is 2.80. The first-order chi connectivity index (χ1) is 15.5. The summed E-state index contributed by atoms with van der Waals surface area (Å²) in [4.78, 5) is 38.6. The highest BCUT2D eigenvalue weighted by Gasteiger charge is 2.24. The molecule has 1 atom stereocenters. The van der Waals surface area contributed by atoms with Crippen LogP contribution < -0.4 is 16.0 Å². The van der Waals surface area contributed by atoms with Crippen LogP contribution in [0.5, 0.6) is 0 Å². The third-order valence-corrected chi connectivity index (χ3v) is 5.30. The first kappa shape index (κ1) is 23.3. The van der Waals surface area contributed by atoms with Crippen LogP contribution in [0.15, 0.2) is 60.7 Å². The number of carbonyl (C=O) groups excluding carboxylic acids is 3. The van der Waals surface area contributed by atoms with E-state index in [4.69, 9.17) is 4.74 Å². The molecule has 0 aliphatic carbocycles. The van der Waals surface area contributed by atoms with Crippen LogP contribution in [0.1, 0.15) is 25.3 Å². The number of para-hydroxylation sites is 1. The fourth-order valence-corrected chi connectivity index (χ4v) is 3.49. The highest BCUT2D eigenvalue weighted by atomic mass is 16.5. The SMILES string of the molecule is CC(NC(=O)OCc1ccccc1)C(=O)NC1CCN(CC(=O)Nc2ccccc2)CC1. The van der Waals surface area contributed by atoms with E-state index in [0.29, 0.717) is 19.6 Å². The van der Waals surface area contributed by atoms with Gasteiger partial charge in [0.2, 0.25) is 11.8 Å². The van der Waals surface area contributed by atoms with E-state index in [2.05, 4.69) is 20.9 Å². The predicted octanol–water partition coefficient (Wildman–Crippen LogP) is 2.52. The summed E-state index contributed by atoms with van der Waals surface area (Å²) in [6.45, 7) is 3.53. The number of nitrogens with zero attached hydrogens (tertiary/aromatic N) is 1. The van der Waals surface area contributed by atoms with E-state index in [-0.39, 0.29) is 24.5 Å². The van der Waals surface area contributed by atoms with Crippen molar-refractivity contribution in [2.45, 2.75) is 38.5 Å². The molecule has 3 amide bonds. The van der Waals surface area contributed by atoms with Crippen molar-refractivity contribution in [3.63, 3.8) is 0 Å². The number of alkyl carbamates (subject to hydrolysis) is 1. The number of hydrogen-bond acceptors (Lipinski definition) is 5. The van der Waals surface area contributed by atoms with Crippen LogP contribution in [-0.4, -0.2) is 54.5 Å². The zero-order valence-electron chi connectivity index (χ0n) is 18.3. The smallest absolute Gasteiger partial charge is 0.408 e. The molecule has 3 rings (SSSR count). The van der Waals surface area contributed by atoms with Gasteiger partial charge >= 0.3 is 6.09 Å². The number of anilines is 1. The fraction of sp³-hybridized carbons (Fsp3) is 0.375. The van der Waals surface area contributed by atoms with Gasteiger partial charge in [0.25, 0.3) is 0 Å². The van der Waals surface area contributed by atoms with Crippen molar-refractivity contribution in [1.82, 2.24) is 15.5 Å². The van der Waals surface area contributed by atoms with Crippen molar-refractivity contribution in [3.05, 3.63) is 66.2 Å². The van der Waals surface area contributed by atoms with E-state index in [9.17, 15) is 14.4 Å². The minimum absolute atomic E-state index is 0.0144. The summed E-state index contributed by atoms with van der Waals surface area (Å²) in [6, 6.07) is 18.0. The van der Waals surface area contributed by atoms with Crippen molar-refractivity contribution in [1.29, 1.82) is 0 Å². The third kappa shape index (κ3) is 7.70. The number of carbonyl (C=O) groups is 3. The highest BCUT2D eigenvalue weighted by molar-refractivity contribution is 5.92. The monoisotopic (exact) mass is 438 g/mol. The number of nitrogens with one attached hydrogen (secondary N) is 3. The molecule has 1 fully saturated rings. The maximum absolute atomic E-state index is 12.4. The molecule has 1 aliphatic heterocycles. The topological polar surface area (TPSA) is 99.8 Å². The number of ether oxygens (including phenoxy) is 1. The second kappa shape index (κ2) is 11.9. The Morgan fingerprint density at radius 3 is 2.28 bits per heavy atom. The lowest BCUT2D eigenvalue weighted by atomic mass is 10.0. The van der Waals surface area contributed by atoms with E-state index in [1.165, 1.54) is 0 Å². The first-order valence-corrected chi connectivity index (χ1v) is 10.8. The molecular weight excluding hydrogens is 408 g/mol. The van der Waals surface area contributed by atoms with Crippen molar-refractivity contribution in [2.75, 3.05) is 25.0 Å². The Kier molecular flexibility index (Phi) is 8.62. The summed E-state index contributed by atoms with van der Waals surface area (Å²) in [7, 11) is 0. The Morgan fingerprint density at radius 2 is 1.62 bits per heavy atom. The fourth-order valence-electron chi connectivity index (χ4n) is 3.49. The van der Waals surface area contributed by atoms with Gasteiger partial charge in [-0.2, -0.15) is 0 Å². The van der Waals surface area contributed by atoms with Gasteiger partial charge in [0.05, 0.1) is 6.54 Å². The second-order valence-electron chi connectivity index (χ2n) is 7.90. The summed E-state index contributed by atoms with van der Waals surface area (Å²) in [5, 5.41) is 8.42. The summed E-state index contributed by atoms with van der Waals surface area (Å²) < 4.78 is 5.16. The van der Waals surface area contributed by atoms with Gasteiger partial charge in [-0.05, 0) is 37.5 Å². The molecule has 1 heterocycles. The maximum atomic E-state index is 12.4. The minimum atomic E-state index is -0.701. The number of benzene rings is 2. The van der Waals surface area contributed by atoms with Crippen LogP contribution in [0.4, 0.5) is 10.5 Å². The molecule has 3 N–H and O–H groups in total. The molecule has 0 radical (unpaired) electrons. The largest absolute Gasteiger partial charge is 0.445 e. The van der Waals surface area contributed by atoms with Gasteiger partial charge in [0, 0.05) is 24.8 Å². The van der Waals surface area contributed by atoms with Crippen molar-refractivity contribution in [2.24, 2.45) is 0 Å². The third-order valence-electron chi connectivity index (χ3n) is 5.30. The summed E-state index contributed by atoms with van der Waals surface area (Å²) in [5.74, 6) is -0.299. The Balaban J connectivity index is 1.32. The van der Waals surface area contributed by atoms with E-state index >= 15 is 0 Å². The molecule has 0 bridgehead atoms. The molecule has 1 unspecified atom stereocenters. The minimum Gasteiger partial charge on any atom is -0.445 e. The number of likely N-dealkylation sites (tertiary alicyclic amines) is 1. The zero-order valence-corrected chi connectivity index (χ0v) is 18.3. The summed E-state index contributed by atoms with van der Waals surface area (Å²) in [6.07, 6.45) is 0.862. The number of piperidine rings is 1. The molecule has 0 saturated carbocycles. The van der Waals surface area contributed by atoms with E-state index in [1.807, 2.05) is 60.7 Å². The summed E-state index contributed by atoms with van der Waals surface area (Å²) in [5.41, 5.74) is 1.66. The molecule has 8 nitrogen and oxygen atoms in total. The molecule has 1 saturated heterocycles. The van der Waals surface area contributed by atoms with Crippen molar-refractivity contribution >= 4 is 23.6 Å². The van der Waals surface area contributed by atoms with Crippen molar-refractivity contribution in [3.8, 4) is 0 Å². The van der Waals surface area contributed by atoms with E-state index in [0.717, 1.165) is 24.1 Å². The van der Waals surface area contributed by atoms with Crippen LogP contribution in [0, 0.1) is 0 Å². The number of amides is 3. The van der Waals surface area contributed by atoms with Gasteiger partial charge in [0.1, 0.15) is 12.6 Å². The molecule has 0 aromatic heterocycles. The number of rotatable bonds is 8. The molecule has 2 aromatic carbocycles. The number of hydrogen-bond donors (Lipinski definition) is 3. The zero-order chi connectivity index (χ0) is 22.8. The van der Waals surface area contributed by atoms with Crippen LogP contribution in [0.3, 0.4) is 0 Å². The van der Waals surface area contributed by atoms with E-state index in [1.54, 1.807) is 6.92 Å². The normalized spacial score (nSPS) is 15.4. The Labute approximate surface area is 188 Å². The van der Waals surface area contributed by atoms with Gasteiger partial charge in [-0.15, -0.1) is 0 Å². The van der Waals surface area contributed by atoms with Gasteiger partial charge in [-0.3, -0.25) is 14.5 Å².